The van der Waals surface area contributed by atoms with Crippen LogP contribution in [-0.2, 0) is 32.3 Å². The van der Waals surface area contributed by atoms with Gasteiger partial charge in [-0.3, -0.25) is 14.6 Å². The molecule has 9 nitrogen and oxygen atoms in total. The van der Waals surface area contributed by atoms with E-state index in [9.17, 15) is 9.90 Å². The van der Waals surface area contributed by atoms with E-state index in [2.05, 4.69) is 59.5 Å². The zero-order valence-corrected chi connectivity index (χ0v) is 29.8. The van der Waals surface area contributed by atoms with Crippen LogP contribution in [0.1, 0.15) is 75.2 Å². The number of aliphatic hydroxyl groups is 1. The SMILES string of the molecule is COc1cc2c3cc1Oc1c(OC)c(CO)cc4c1[C@H](Cc1ccc(cc1)Oc1cc(ccc1C(=O)NC(C)C)C[C@H]3N(C)CC2)N(C)CC4. The normalized spacial score (nSPS) is 18.7. The van der Waals surface area contributed by atoms with Crippen molar-refractivity contribution in [2.24, 2.45) is 0 Å². The molecule has 0 aliphatic carbocycles. The minimum absolute atomic E-state index is 0.00701. The second-order valence-electron chi connectivity index (χ2n) is 14.0. The second-order valence-corrected chi connectivity index (χ2v) is 14.0. The molecule has 4 aromatic carbocycles. The van der Waals surface area contributed by atoms with E-state index in [4.69, 9.17) is 18.9 Å². The first-order valence-electron chi connectivity index (χ1n) is 17.5. The number of nitrogens with zero attached hydrogens (tertiary/aromatic N) is 2. The van der Waals surface area contributed by atoms with Crippen LogP contribution in [0.5, 0.6) is 34.5 Å². The van der Waals surface area contributed by atoms with Crippen LogP contribution < -0.4 is 24.3 Å². The van der Waals surface area contributed by atoms with Crippen molar-refractivity contribution in [1.82, 2.24) is 15.1 Å². The van der Waals surface area contributed by atoms with Gasteiger partial charge in [-0.05, 0) is 124 Å². The quantitative estimate of drug-likeness (QED) is 0.239. The highest BCUT2D eigenvalue weighted by molar-refractivity contribution is 5.97. The molecule has 0 fully saturated rings. The van der Waals surface area contributed by atoms with Gasteiger partial charge in [-0.15, -0.1) is 0 Å². The lowest BCUT2D eigenvalue weighted by molar-refractivity contribution is 0.0940. The summed E-state index contributed by atoms with van der Waals surface area (Å²) < 4.78 is 25.5. The Morgan fingerprint density at radius 1 is 0.860 bits per heavy atom. The molecule has 50 heavy (non-hydrogen) atoms. The number of hydrogen-bond acceptors (Lipinski definition) is 8. The molecular formula is C41H47N3O6. The highest BCUT2D eigenvalue weighted by atomic mass is 16.5. The number of carbonyl (C=O) groups is 1. The van der Waals surface area contributed by atoms with Crippen LogP contribution in [0.25, 0.3) is 0 Å². The van der Waals surface area contributed by atoms with Gasteiger partial charge in [-0.1, -0.05) is 18.2 Å². The predicted octanol–water partition coefficient (Wildman–Crippen LogP) is 6.78. The summed E-state index contributed by atoms with van der Waals surface area (Å²) in [6, 6.07) is 20.3. The number of rotatable bonds is 5. The minimum atomic E-state index is -0.164. The first-order valence-corrected chi connectivity index (χ1v) is 17.5. The van der Waals surface area contributed by atoms with Crippen LogP contribution in [0.3, 0.4) is 0 Å². The first-order chi connectivity index (χ1) is 24.2. The highest BCUT2D eigenvalue weighted by Gasteiger charge is 2.34. The van der Waals surface area contributed by atoms with E-state index in [1.165, 1.54) is 5.56 Å². The van der Waals surface area contributed by atoms with E-state index in [1.807, 2.05) is 44.2 Å². The van der Waals surface area contributed by atoms with Crippen molar-refractivity contribution in [2.75, 3.05) is 41.4 Å². The lowest BCUT2D eigenvalue weighted by Crippen LogP contribution is -2.34. The molecule has 262 valence electrons. The summed E-state index contributed by atoms with van der Waals surface area (Å²) >= 11 is 0. The Morgan fingerprint density at radius 2 is 1.56 bits per heavy atom. The van der Waals surface area contributed by atoms with Crippen LogP contribution >= 0.6 is 0 Å². The number of methoxy groups -OCH3 is 2. The molecule has 0 spiro atoms. The van der Waals surface area contributed by atoms with Gasteiger partial charge in [0.25, 0.3) is 5.91 Å². The van der Waals surface area contributed by atoms with E-state index in [0.717, 1.165) is 53.7 Å². The first kappa shape index (κ1) is 33.9. The van der Waals surface area contributed by atoms with Gasteiger partial charge in [0.1, 0.15) is 11.5 Å². The number of ether oxygens (including phenoxy) is 4. The Kier molecular flexibility index (Phi) is 9.48. The van der Waals surface area contributed by atoms with Crippen molar-refractivity contribution in [3.63, 3.8) is 0 Å². The van der Waals surface area contributed by atoms with Crippen LogP contribution in [-0.4, -0.2) is 68.3 Å². The Bertz CT molecular complexity index is 1910. The maximum absolute atomic E-state index is 13.3. The fourth-order valence-corrected chi connectivity index (χ4v) is 7.74. The average Bonchev–Trinajstić information content (AvgIpc) is 3.10. The second kappa shape index (κ2) is 14.0. The monoisotopic (exact) mass is 677 g/mol. The van der Waals surface area contributed by atoms with Crippen molar-refractivity contribution in [1.29, 1.82) is 0 Å². The maximum Gasteiger partial charge on any atom is 0.255 e. The molecule has 0 saturated heterocycles. The van der Waals surface area contributed by atoms with Gasteiger partial charge in [0.15, 0.2) is 23.0 Å². The summed E-state index contributed by atoms with van der Waals surface area (Å²) in [6.07, 6.45) is 3.11. The summed E-state index contributed by atoms with van der Waals surface area (Å²) in [4.78, 5) is 18.1. The summed E-state index contributed by atoms with van der Waals surface area (Å²) in [6.45, 7) is 5.50. The molecule has 4 aliphatic heterocycles. The number of aliphatic hydroxyl groups excluding tert-OH is 1. The largest absolute Gasteiger partial charge is 0.493 e. The fourth-order valence-electron chi connectivity index (χ4n) is 7.74. The summed E-state index contributed by atoms with van der Waals surface area (Å²) in [5, 5.41) is 13.5. The zero-order chi connectivity index (χ0) is 35.1. The number of likely N-dealkylation sites (N-methyl/N-ethyl adjacent to an activating group) is 2. The smallest absolute Gasteiger partial charge is 0.255 e. The van der Waals surface area contributed by atoms with Crippen LogP contribution in [0.15, 0.2) is 60.7 Å². The lowest BCUT2D eigenvalue weighted by atomic mass is 9.86. The molecule has 0 radical (unpaired) electrons. The molecule has 2 atom stereocenters. The molecule has 6 bridgehead atoms. The third kappa shape index (κ3) is 6.41. The Hall–Kier alpha value is -4.57. The molecule has 4 aliphatic rings. The number of hydrogen-bond donors (Lipinski definition) is 2. The Labute approximate surface area is 294 Å². The lowest BCUT2D eigenvalue weighted by Gasteiger charge is -2.37. The van der Waals surface area contributed by atoms with Gasteiger partial charge in [-0.25, -0.2) is 0 Å². The van der Waals surface area contributed by atoms with Crippen molar-refractivity contribution in [2.45, 2.75) is 64.3 Å². The molecular weight excluding hydrogens is 630 g/mol. The fraction of sp³-hybridized carbons (Fsp3) is 0.390. The molecule has 9 heteroatoms. The van der Waals surface area contributed by atoms with E-state index >= 15 is 0 Å². The molecule has 8 rings (SSSR count). The van der Waals surface area contributed by atoms with Crippen LogP contribution in [0, 0.1) is 0 Å². The van der Waals surface area contributed by atoms with Gasteiger partial charge < -0.3 is 29.4 Å². The van der Waals surface area contributed by atoms with Crippen molar-refractivity contribution in [3.8, 4) is 34.5 Å². The number of fused-ring (bicyclic) bond motifs is 2. The van der Waals surface area contributed by atoms with Crippen molar-refractivity contribution >= 4 is 5.91 Å². The van der Waals surface area contributed by atoms with Gasteiger partial charge >= 0.3 is 0 Å². The molecule has 4 heterocycles. The molecule has 0 unspecified atom stereocenters. The minimum Gasteiger partial charge on any atom is -0.493 e. The summed E-state index contributed by atoms with van der Waals surface area (Å²) in [7, 11) is 7.60. The van der Waals surface area contributed by atoms with E-state index in [-0.39, 0.29) is 30.6 Å². The number of amides is 1. The van der Waals surface area contributed by atoms with Crippen LogP contribution in [0.4, 0.5) is 0 Å². The zero-order valence-electron chi connectivity index (χ0n) is 29.8. The molecule has 4 aromatic rings. The molecule has 0 saturated carbocycles. The standard InChI is InChI=1S/C41H47N3O6/c1-24(2)42-41(46)31-12-9-26-18-33-32-22-37(36(47-5)21-27(32)13-15-43(33)3)50-40-38-28(20-29(23-45)39(40)48-6)14-16-44(4)34(38)17-25-7-10-30(11-8-25)49-35(31)19-26/h7-12,19-22,24,33-34,45H,13-18,23H2,1-6H3,(H,42,46)/t33-,34+/m1/s1. The van der Waals surface area contributed by atoms with Gasteiger partial charge in [0.2, 0.25) is 0 Å². The number of nitrogens with one attached hydrogen (secondary N) is 1. The van der Waals surface area contributed by atoms with E-state index in [1.54, 1.807) is 14.2 Å². The van der Waals surface area contributed by atoms with E-state index < -0.39 is 0 Å². The van der Waals surface area contributed by atoms with Gasteiger partial charge in [0, 0.05) is 42.3 Å². The molecule has 1 amide bonds. The number of benzene rings is 4. The van der Waals surface area contributed by atoms with Gasteiger partial charge in [0.05, 0.1) is 26.4 Å². The van der Waals surface area contributed by atoms with Crippen LogP contribution in [0.2, 0.25) is 0 Å². The topological polar surface area (TPSA) is 92.7 Å². The van der Waals surface area contributed by atoms with E-state index in [0.29, 0.717) is 58.5 Å². The number of carbonyl (C=O) groups excluding carboxylic acids is 1. The maximum atomic E-state index is 13.3. The third-order valence-electron chi connectivity index (χ3n) is 10.4. The molecule has 2 N–H and O–H groups in total. The van der Waals surface area contributed by atoms with Gasteiger partial charge in [-0.2, -0.15) is 0 Å². The van der Waals surface area contributed by atoms with Crippen molar-refractivity contribution < 1.29 is 28.8 Å². The van der Waals surface area contributed by atoms with Crippen molar-refractivity contribution in [3.05, 3.63) is 105 Å². The Balaban J connectivity index is 1.44. The summed E-state index contributed by atoms with van der Waals surface area (Å²) in [5.74, 6) is 3.44. The Morgan fingerprint density at radius 3 is 2.26 bits per heavy atom. The predicted molar refractivity (Wildman–Crippen MR) is 193 cm³/mol. The average molecular weight is 678 g/mol. The highest BCUT2D eigenvalue weighted by Crippen LogP contribution is 2.49. The molecule has 0 aromatic heterocycles. The third-order valence-corrected chi connectivity index (χ3v) is 10.4. The summed E-state index contributed by atoms with van der Waals surface area (Å²) in [5.41, 5.74) is 7.95.